The van der Waals surface area contributed by atoms with Gasteiger partial charge in [-0.15, -0.1) is 0 Å². The lowest BCUT2D eigenvalue weighted by Gasteiger charge is -2.27. The molecule has 0 aliphatic carbocycles. The van der Waals surface area contributed by atoms with Crippen LogP contribution in [0.1, 0.15) is 26.2 Å². The zero-order valence-corrected chi connectivity index (χ0v) is 22.8. The summed E-state index contributed by atoms with van der Waals surface area (Å²) in [5.74, 6) is -11.6. The Kier molecular flexibility index (Phi) is 12.6. The lowest BCUT2D eigenvalue weighted by atomic mass is 9.78. The number of carboxylic acid groups (broad SMARTS) is 3. The Morgan fingerprint density at radius 3 is 1.88 bits per heavy atom. The van der Waals surface area contributed by atoms with Crippen molar-refractivity contribution in [2.45, 2.75) is 36.0 Å². The molecule has 0 saturated heterocycles. The molecule has 230 valence electrons. The van der Waals surface area contributed by atoms with Crippen molar-refractivity contribution in [1.82, 2.24) is 10.8 Å². The van der Waals surface area contributed by atoms with Gasteiger partial charge in [-0.25, -0.2) is 0 Å². The number of rotatable bonds is 18. The number of nitrogens with one attached hydrogen (secondary N) is 2. The van der Waals surface area contributed by atoms with Gasteiger partial charge in [-0.05, 0) is 6.07 Å². The van der Waals surface area contributed by atoms with Crippen LogP contribution in [0.2, 0.25) is 0 Å². The summed E-state index contributed by atoms with van der Waals surface area (Å²) in [4.78, 5) is 55.9. The molecule has 0 heterocycles. The van der Waals surface area contributed by atoms with E-state index in [-0.39, 0.29) is 25.7 Å². The standard InChI is InChI=1S/C20H27N3O16S2/c1-11(24)38-40(33,34)12-6-13(18(31)14(7-12)41(35,36)39-23-5-4-22-3-2-21)37-19(32)20(8-15(25)26,9-16(27)28)10-17(29)30/h6-7,22-23,31H,2-5,8-10,21H2,1H3,(H,25,26)(H,27,28)(H,29,30). The molecule has 0 atom stereocenters. The third-order valence-electron chi connectivity index (χ3n) is 4.80. The quantitative estimate of drug-likeness (QED) is 0.0295. The molecule has 8 N–H and O–H groups in total. The van der Waals surface area contributed by atoms with E-state index in [0.29, 0.717) is 19.5 Å². The minimum Gasteiger partial charge on any atom is -0.503 e. The number of carboxylic acids is 3. The fraction of sp³-hybridized carbons (Fsp3) is 0.450. The van der Waals surface area contributed by atoms with Crippen molar-refractivity contribution in [2.75, 3.05) is 26.2 Å². The summed E-state index contributed by atoms with van der Waals surface area (Å²) in [5.41, 5.74) is 4.49. The van der Waals surface area contributed by atoms with Gasteiger partial charge in [0.05, 0.1) is 24.7 Å². The van der Waals surface area contributed by atoms with Crippen LogP contribution < -0.4 is 21.3 Å². The number of hydrogen-bond donors (Lipinski definition) is 7. The molecule has 0 aliphatic rings. The molecule has 0 spiro atoms. The number of nitrogens with two attached hydrogens (primary N) is 1. The highest BCUT2D eigenvalue weighted by Crippen LogP contribution is 2.40. The van der Waals surface area contributed by atoms with Crippen molar-refractivity contribution in [1.29, 1.82) is 0 Å². The summed E-state index contributed by atoms with van der Waals surface area (Å²) in [5, 5.41) is 41.0. The third-order valence-corrected chi connectivity index (χ3v) is 7.25. The van der Waals surface area contributed by atoms with Crippen molar-refractivity contribution in [3.63, 3.8) is 0 Å². The Hall–Kier alpha value is -3.89. The number of phenols is 1. The molecular formula is C20H27N3O16S2. The predicted octanol–water partition coefficient (Wildman–Crippen LogP) is -2.28. The first-order valence-corrected chi connectivity index (χ1v) is 14.0. The van der Waals surface area contributed by atoms with Gasteiger partial charge in [0.2, 0.25) is 0 Å². The van der Waals surface area contributed by atoms with E-state index < -0.39 is 96.1 Å². The van der Waals surface area contributed by atoms with Crippen molar-refractivity contribution in [2.24, 2.45) is 11.1 Å². The Morgan fingerprint density at radius 1 is 0.878 bits per heavy atom. The lowest BCUT2D eigenvalue weighted by Crippen LogP contribution is -2.41. The van der Waals surface area contributed by atoms with Gasteiger partial charge in [-0.3, -0.25) is 24.0 Å². The maximum Gasteiger partial charge on any atom is 0.341 e. The number of esters is 1. The van der Waals surface area contributed by atoms with Crippen molar-refractivity contribution in [3.05, 3.63) is 12.1 Å². The molecule has 41 heavy (non-hydrogen) atoms. The van der Waals surface area contributed by atoms with E-state index in [0.717, 1.165) is 0 Å². The Balaban J connectivity index is 3.70. The highest BCUT2D eigenvalue weighted by atomic mass is 32.2. The first-order chi connectivity index (χ1) is 18.9. The van der Waals surface area contributed by atoms with E-state index >= 15 is 0 Å². The summed E-state index contributed by atoms with van der Waals surface area (Å²) >= 11 is 0. The molecule has 19 nitrogen and oxygen atoms in total. The van der Waals surface area contributed by atoms with Gasteiger partial charge in [0.1, 0.15) is 9.79 Å². The van der Waals surface area contributed by atoms with E-state index in [1.165, 1.54) is 0 Å². The third kappa shape index (κ3) is 10.5. The first kappa shape index (κ1) is 35.1. The summed E-state index contributed by atoms with van der Waals surface area (Å²) in [6, 6.07) is 0.565. The fourth-order valence-electron chi connectivity index (χ4n) is 3.18. The number of aromatic hydroxyl groups is 1. The summed E-state index contributed by atoms with van der Waals surface area (Å²) in [6.07, 6.45) is -4.23. The minimum absolute atomic E-state index is 0.140. The number of ether oxygens (including phenoxy) is 1. The van der Waals surface area contributed by atoms with Crippen LogP contribution >= 0.6 is 0 Å². The van der Waals surface area contributed by atoms with Gasteiger partial charge in [0.25, 0.3) is 0 Å². The monoisotopic (exact) mass is 629 g/mol. The molecule has 21 heteroatoms. The van der Waals surface area contributed by atoms with Crippen molar-refractivity contribution < 1.29 is 74.4 Å². The number of carbonyl (C=O) groups excluding carboxylic acids is 2. The van der Waals surface area contributed by atoms with Crippen LogP contribution in [0.25, 0.3) is 0 Å². The van der Waals surface area contributed by atoms with Crippen molar-refractivity contribution >= 4 is 50.1 Å². The van der Waals surface area contributed by atoms with E-state index in [1.54, 1.807) is 0 Å². The smallest absolute Gasteiger partial charge is 0.341 e. The van der Waals surface area contributed by atoms with Crippen molar-refractivity contribution in [3.8, 4) is 11.5 Å². The molecule has 0 radical (unpaired) electrons. The van der Waals surface area contributed by atoms with Gasteiger partial charge in [0, 0.05) is 39.2 Å². The normalized spacial score (nSPS) is 12.0. The lowest BCUT2D eigenvalue weighted by molar-refractivity contribution is -0.162. The Bertz CT molecular complexity index is 1350. The molecule has 0 unspecified atom stereocenters. The summed E-state index contributed by atoms with van der Waals surface area (Å²) in [6.45, 7) is 1.30. The molecular weight excluding hydrogens is 602 g/mol. The van der Waals surface area contributed by atoms with E-state index in [9.17, 15) is 61.2 Å². The molecule has 1 aromatic carbocycles. The summed E-state index contributed by atoms with van der Waals surface area (Å²) < 4.78 is 64.0. The first-order valence-electron chi connectivity index (χ1n) is 11.1. The van der Waals surface area contributed by atoms with Gasteiger partial charge in [-0.2, -0.15) is 26.6 Å². The molecule has 0 aliphatic heterocycles. The molecule has 0 amide bonds. The molecule has 0 saturated carbocycles. The number of aliphatic carboxylic acids is 3. The predicted molar refractivity (Wildman–Crippen MR) is 130 cm³/mol. The Labute approximate surface area is 232 Å². The molecule has 0 aromatic heterocycles. The average molecular weight is 630 g/mol. The fourth-order valence-corrected chi connectivity index (χ4v) is 5.12. The van der Waals surface area contributed by atoms with Crippen LogP contribution in [-0.4, -0.2) is 93.3 Å². The van der Waals surface area contributed by atoms with Crippen LogP contribution in [0.5, 0.6) is 11.5 Å². The number of benzene rings is 1. The number of carbonyl (C=O) groups is 5. The largest absolute Gasteiger partial charge is 0.503 e. The number of hydroxylamine groups is 1. The zero-order chi connectivity index (χ0) is 31.6. The average Bonchev–Trinajstić information content (AvgIpc) is 2.80. The van der Waals surface area contributed by atoms with Gasteiger partial charge in [0.15, 0.2) is 11.5 Å². The van der Waals surface area contributed by atoms with E-state index in [1.807, 2.05) is 5.48 Å². The van der Waals surface area contributed by atoms with Gasteiger partial charge < -0.3 is 40.4 Å². The van der Waals surface area contributed by atoms with Gasteiger partial charge >= 0.3 is 50.1 Å². The van der Waals surface area contributed by atoms with Crippen LogP contribution in [0, 0.1) is 5.41 Å². The highest BCUT2D eigenvalue weighted by molar-refractivity contribution is 7.87. The molecule has 1 aromatic rings. The van der Waals surface area contributed by atoms with Crippen LogP contribution in [0.15, 0.2) is 21.9 Å². The molecule has 1 rings (SSSR count). The number of hydrogen-bond acceptors (Lipinski definition) is 16. The van der Waals surface area contributed by atoms with Gasteiger partial charge in [-0.1, -0.05) is 0 Å². The van der Waals surface area contributed by atoms with E-state index in [4.69, 9.17) is 10.5 Å². The maximum atomic E-state index is 13.0. The second-order valence-electron chi connectivity index (χ2n) is 8.15. The second-order valence-corrected chi connectivity index (χ2v) is 11.2. The SMILES string of the molecule is CC(=O)OS(=O)(=O)c1cc(OC(=O)C(CC(=O)O)(CC(=O)O)CC(=O)O)c(O)c(S(=O)(=O)ONCCNCCN)c1. The Morgan fingerprint density at radius 2 is 1.41 bits per heavy atom. The maximum absolute atomic E-state index is 13.0. The molecule has 0 bridgehead atoms. The van der Waals surface area contributed by atoms with Crippen LogP contribution in [-0.2, 0) is 52.7 Å². The van der Waals surface area contributed by atoms with E-state index in [2.05, 4.69) is 13.8 Å². The second kappa shape index (κ2) is 14.7. The topological polar surface area (TPSA) is 312 Å². The minimum atomic E-state index is -5.14. The number of phenolic OH excluding ortho intramolecular Hbond substituents is 1. The highest BCUT2D eigenvalue weighted by Gasteiger charge is 2.47. The summed E-state index contributed by atoms with van der Waals surface area (Å²) in [7, 11) is -10.3. The van der Waals surface area contributed by atoms with Crippen LogP contribution in [0.3, 0.4) is 0 Å². The zero-order valence-electron chi connectivity index (χ0n) is 21.2. The molecule has 0 fully saturated rings. The van der Waals surface area contributed by atoms with Crippen LogP contribution in [0.4, 0.5) is 0 Å².